The summed E-state index contributed by atoms with van der Waals surface area (Å²) >= 11 is 6.07. The molecule has 1 fully saturated rings. The maximum absolute atomic E-state index is 12.7. The van der Waals surface area contributed by atoms with Crippen LogP contribution >= 0.6 is 11.6 Å². The van der Waals surface area contributed by atoms with Gasteiger partial charge in [-0.15, -0.1) is 0 Å². The highest BCUT2D eigenvalue weighted by molar-refractivity contribution is 7.96. The second kappa shape index (κ2) is 7.57. The number of carbonyl (C=O) groups excluding carboxylic acids is 1. The van der Waals surface area contributed by atoms with E-state index in [0.717, 1.165) is 5.56 Å². The molecule has 1 aromatic heterocycles. The van der Waals surface area contributed by atoms with Crippen molar-refractivity contribution >= 4 is 37.2 Å². The summed E-state index contributed by atoms with van der Waals surface area (Å²) in [6.45, 7) is 0.232. The van der Waals surface area contributed by atoms with E-state index in [1.807, 2.05) is 0 Å². The molecular weight excluding hydrogens is 412 g/mol. The average Bonchev–Trinajstić information content (AvgIpc) is 3.01. The number of nitrogens with zero attached hydrogens (tertiary/aromatic N) is 1. The van der Waals surface area contributed by atoms with Gasteiger partial charge in [0.15, 0.2) is 19.7 Å². The molecule has 1 amide bonds. The van der Waals surface area contributed by atoms with Crippen molar-refractivity contribution in [2.75, 3.05) is 11.5 Å². The average molecular weight is 429 g/mol. The summed E-state index contributed by atoms with van der Waals surface area (Å²) in [6, 6.07) is 7.30. The van der Waals surface area contributed by atoms with E-state index in [1.165, 1.54) is 18.2 Å². The van der Waals surface area contributed by atoms with Crippen molar-refractivity contribution in [3.8, 4) is 0 Å². The molecule has 7 nitrogen and oxygen atoms in total. The number of carbonyl (C=O) groups is 1. The highest BCUT2D eigenvalue weighted by Gasteiger charge is 2.38. The molecule has 27 heavy (non-hydrogen) atoms. The van der Waals surface area contributed by atoms with E-state index in [4.69, 9.17) is 11.6 Å². The molecule has 1 unspecified atom stereocenters. The third-order valence-corrected chi connectivity index (χ3v) is 8.84. The fourth-order valence-electron chi connectivity index (χ4n) is 2.83. The van der Waals surface area contributed by atoms with Crippen molar-refractivity contribution in [2.24, 2.45) is 0 Å². The molecule has 1 atom stereocenters. The monoisotopic (exact) mass is 428 g/mol. The molecule has 1 N–H and O–H groups in total. The zero-order chi connectivity index (χ0) is 19.7. The first-order valence-electron chi connectivity index (χ1n) is 8.10. The zero-order valence-corrected chi connectivity index (χ0v) is 16.5. The topological polar surface area (TPSA) is 110 Å². The Kier molecular flexibility index (Phi) is 5.55. The lowest BCUT2D eigenvalue weighted by atomic mass is 10.2. The largest absolute Gasteiger partial charge is 0.348 e. The third-order valence-electron chi connectivity index (χ3n) is 4.34. The van der Waals surface area contributed by atoms with Gasteiger partial charge in [-0.3, -0.25) is 9.78 Å². The summed E-state index contributed by atoms with van der Waals surface area (Å²) in [5, 5.41) is 1.78. The highest BCUT2D eigenvalue weighted by atomic mass is 35.5. The van der Waals surface area contributed by atoms with Crippen molar-refractivity contribution in [3.63, 3.8) is 0 Å². The van der Waals surface area contributed by atoms with Crippen molar-refractivity contribution in [1.82, 2.24) is 10.3 Å². The third kappa shape index (κ3) is 4.48. The van der Waals surface area contributed by atoms with Crippen LogP contribution in [0.1, 0.15) is 22.3 Å². The van der Waals surface area contributed by atoms with Crippen molar-refractivity contribution in [3.05, 3.63) is 58.9 Å². The Morgan fingerprint density at radius 2 is 1.93 bits per heavy atom. The predicted octanol–water partition coefficient (Wildman–Crippen LogP) is 1.63. The van der Waals surface area contributed by atoms with Gasteiger partial charge in [0.25, 0.3) is 5.91 Å². The smallest absolute Gasteiger partial charge is 0.253 e. The lowest BCUT2D eigenvalue weighted by Gasteiger charge is -2.12. The molecule has 2 heterocycles. The summed E-state index contributed by atoms with van der Waals surface area (Å²) in [5.74, 6) is -1.07. The van der Waals surface area contributed by atoms with Crippen molar-refractivity contribution in [2.45, 2.75) is 23.1 Å². The van der Waals surface area contributed by atoms with Crippen LogP contribution in [0.3, 0.4) is 0 Å². The second-order valence-electron chi connectivity index (χ2n) is 6.25. The molecule has 3 rings (SSSR count). The number of rotatable bonds is 5. The van der Waals surface area contributed by atoms with Crippen LogP contribution in [0.25, 0.3) is 0 Å². The maximum Gasteiger partial charge on any atom is 0.253 e. The van der Waals surface area contributed by atoms with Gasteiger partial charge >= 0.3 is 0 Å². The van der Waals surface area contributed by atoms with Gasteiger partial charge in [0.1, 0.15) is 0 Å². The number of amides is 1. The lowest BCUT2D eigenvalue weighted by molar-refractivity contribution is 0.0951. The molecule has 1 aliphatic heterocycles. The number of pyridine rings is 1. The molecular formula is C17H17ClN2O5S2. The van der Waals surface area contributed by atoms with Crippen LogP contribution in [-0.2, 0) is 26.2 Å². The van der Waals surface area contributed by atoms with Crippen LogP contribution < -0.4 is 5.32 Å². The first-order valence-corrected chi connectivity index (χ1v) is 11.8. The molecule has 0 spiro atoms. The summed E-state index contributed by atoms with van der Waals surface area (Å²) < 4.78 is 48.7. The molecule has 1 saturated heterocycles. The molecule has 144 valence electrons. The van der Waals surface area contributed by atoms with Gasteiger partial charge < -0.3 is 5.32 Å². The molecule has 1 aromatic carbocycles. The molecule has 0 aliphatic carbocycles. The van der Waals surface area contributed by atoms with Crippen LogP contribution in [0.15, 0.2) is 47.6 Å². The SMILES string of the molecule is O=C(NCc1ccncc1)c1cc(S(=O)(=O)C2CCS(=O)(=O)C2)ccc1Cl. The molecule has 0 bridgehead atoms. The summed E-state index contributed by atoms with van der Waals surface area (Å²) in [7, 11) is -7.23. The minimum atomic E-state index is -3.88. The Bertz CT molecular complexity index is 1070. The van der Waals surface area contributed by atoms with Crippen LogP contribution in [0, 0.1) is 0 Å². The minimum absolute atomic E-state index is 0.0210. The van der Waals surface area contributed by atoms with Crippen LogP contribution in [-0.4, -0.2) is 44.5 Å². The van der Waals surface area contributed by atoms with Crippen LogP contribution in [0.5, 0.6) is 0 Å². The van der Waals surface area contributed by atoms with Crippen LogP contribution in [0.2, 0.25) is 5.02 Å². The van der Waals surface area contributed by atoms with Crippen LogP contribution in [0.4, 0.5) is 0 Å². The number of halogens is 1. The quantitative estimate of drug-likeness (QED) is 0.774. The molecule has 2 aromatic rings. The lowest BCUT2D eigenvalue weighted by Crippen LogP contribution is -2.25. The second-order valence-corrected chi connectivity index (χ2v) is 11.1. The fourth-order valence-corrected chi connectivity index (χ4v) is 7.42. The molecule has 0 radical (unpaired) electrons. The standard InChI is InChI=1S/C17H17ClN2O5S2/c18-16-2-1-13(27(24,25)14-5-8-26(22,23)11-14)9-15(16)17(21)20-10-12-3-6-19-7-4-12/h1-4,6-7,9,14H,5,8,10-11H2,(H,20,21). The Morgan fingerprint density at radius 3 is 2.56 bits per heavy atom. The van der Waals surface area contributed by atoms with Gasteiger partial charge in [-0.1, -0.05) is 11.6 Å². The first kappa shape index (κ1) is 19.8. The number of hydrogen-bond acceptors (Lipinski definition) is 6. The minimum Gasteiger partial charge on any atom is -0.348 e. The van der Waals surface area contributed by atoms with Gasteiger partial charge in [0.05, 0.1) is 32.2 Å². The number of aromatic nitrogens is 1. The number of benzene rings is 1. The van der Waals surface area contributed by atoms with Gasteiger partial charge in [0, 0.05) is 18.9 Å². The number of nitrogens with one attached hydrogen (secondary N) is 1. The fraction of sp³-hybridized carbons (Fsp3) is 0.294. The maximum atomic E-state index is 12.7. The van der Waals surface area contributed by atoms with E-state index in [2.05, 4.69) is 10.3 Å². The Balaban J connectivity index is 1.82. The van der Waals surface area contributed by atoms with E-state index in [9.17, 15) is 21.6 Å². The first-order chi connectivity index (χ1) is 12.7. The number of hydrogen-bond donors (Lipinski definition) is 1. The van der Waals surface area contributed by atoms with Crippen molar-refractivity contribution < 1.29 is 21.6 Å². The van der Waals surface area contributed by atoms with E-state index < -0.39 is 36.6 Å². The molecule has 0 saturated carbocycles. The Labute approximate surface area is 162 Å². The van der Waals surface area contributed by atoms with E-state index in [0.29, 0.717) is 0 Å². The molecule has 1 aliphatic rings. The van der Waals surface area contributed by atoms with Gasteiger partial charge in [-0.05, 0) is 42.3 Å². The predicted molar refractivity (Wildman–Crippen MR) is 101 cm³/mol. The Hall–Kier alpha value is -1.97. The van der Waals surface area contributed by atoms with Gasteiger partial charge in [-0.2, -0.15) is 0 Å². The summed E-state index contributed by atoms with van der Waals surface area (Å²) in [6.07, 6.45) is 3.24. The van der Waals surface area contributed by atoms with E-state index in [-0.39, 0.29) is 34.2 Å². The zero-order valence-electron chi connectivity index (χ0n) is 14.1. The van der Waals surface area contributed by atoms with Gasteiger partial charge in [-0.25, -0.2) is 16.8 Å². The summed E-state index contributed by atoms with van der Waals surface area (Å²) in [5.41, 5.74) is 0.849. The highest BCUT2D eigenvalue weighted by Crippen LogP contribution is 2.28. The molecule has 10 heteroatoms. The summed E-state index contributed by atoms with van der Waals surface area (Å²) in [4.78, 5) is 16.2. The normalized spacial score (nSPS) is 18.9. The van der Waals surface area contributed by atoms with E-state index >= 15 is 0 Å². The van der Waals surface area contributed by atoms with Gasteiger partial charge in [0.2, 0.25) is 0 Å². The number of sulfone groups is 2. The van der Waals surface area contributed by atoms with Crippen molar-refractivity contribution in [1.29, 1.82) is 0 Å². The van der Waals surface area contributed by atoms with E-state index in [1.54, 1.807) is 24.5 Å². The Morgan fingerprint density at radius 1 is 1.22 bits per heavy atom.